The normalized spacial score (nSPS) is 11.3. The molecule has 0 radical (unpaired) electrons. The fraction of sp³-hybridized carbons (Fsp3) is 0.211. The van der Waals surface area contributed by atoms with Crippen molar-refractivity contribution in [2.75, 3.05) is 11.1 Å². The Morgan fingerprint density at radius 2 is 1.69 bits per heavy atom. The van der Waals surface area contributed by atoms with E-state index in [1.165, 1.54) is 11.8 Å². The number of nitrogens with one attached hydrogen (secondary N) is 1. The number of amides is 1. The molecule has 0 unspecified atom stereocenters. The lowest BCUT2D eigenvalue weighted by molar-refractivity contribution is -0.113. The summed E-state index contributed by atoms with van der Waals surface area (Å²) < 4.78 is 4.02. The molecule has 0 saturated heterocycles. The molecule has 1 amide bonds. The smallest absolute Gasteiger partial charge is 0.237 e. The van der Waals surface area contributed by atoms with Gasteiger partial charge in [0.1, 0.15) is 0 Å². The minimum absolute atomic E-state index is 0.0907. The maximum absolute atomic E-state index is 12.4. The van der Waals surface area contributed by atoms with Crippen LogP contribution in [0.2, 0.25) is 0 Å². The molecule has 26 heavy (non-hydrogen) atoms. The molecule has 0 saturated carbocycles. The summed E-state index contributed by atoms with van der Waals surface area (Å²) in [6, 6.07) is 15.8. The third-order valence-electron chi connectivity index (χ3n) is 4.30. The van der Waals surface area contributed by atoms with E-state index >= 15 is 0 Å². The van der Waals surface area contributed by atoms with Crippen molar-refractivity contribution in [1.29, 1.82) is 0 Å². The molecule has 132 valence electrons. The molecular formula is C19H19N5OS. The van der Waals surface area contributed by atoms with Gasteiger partial charge in [-0.15, -0.1) is 0 Å². The van der Waals surface area contributed by atoms with Crippen LogP contribution in [0.1, 0.15) is 6.92 Å². The quantitative estimate of drug-likeness (QED) is 0.548. The first-order chi connectivity index (χ1) is 12.7. The average Bonchev–Trinajstić information content (AvgIpc) is 3.17. The van der Waals surface area contributed by atoms with Crippen molar-refractivity contribution < 1.29 is 4.79 Å². The van der Waals surface area contributed by atoms with Crippen molar-refractivity contribution in [2.45, 2.75) is 18.6 Å². The van der Waals surface area contributed by atoms with Gasteiger partial charge in [0, 0.05) is 13.6 Å². The second-order valence-corrected chi connectivity index (χ2v) is 6.89. The van der Waals surface area contributed by atoms with Gasteiger partial charge in [0.2, 0.25) is 11.9 Å². The summed E-state index contributed by atoms with van der Waals surface area (Å²) in [5.74, 6) is 0.778. The Hall–Kier alpha value is -2.80. The number of thioether (sulfide) groups is 1. The van der Waals surface area contributed by atoms with Crippen LogP contribution in [-0.4, -0.2) is 30.8 Å². The van der Waals surface area contributed by atoms with Crippen molar-refractivity contribution in [3.63, 3.8) is 0 Å². The number of fused-ring (bicyclic) bond motifs is 2. The highest BCUT2D eigenvalue weighted by Crippen LogP contribution is 2.23. The summed E-state index contributed by atoms with van der Waals surface area (Å²) in [4.78, 5) is 21.6. The van der Waals surface area contributed by atoms with Crippen LogP contribution in [-0.2, 0) is 18.4 Å². The second-order valence-electron chi connectivity index (χ2n) is 5.95. The van der Waals surface area contributed by atoms with Gasteiger partial charge < -0.3 is 9.13 Å². The number of rotatable bonds is 5. The van der Waals surface area contributed by atoms with E-state index in [-0.39, 0.29) is 11.7 Å². The monoisotopic (exact) mass is 365 g/mol. The van der Waals surface area contributed by atoms with E-state index < -0.39 is 0 Å². The first-order valence-corrected chi connectivity index (χ1v) is 9.45. The minimum Gasteiger partial charge on any atom is -0.322 e. The largest absolute Gasteiger partial charge is 0.322 e. The predicted octanol–water partition coefficient (Wildman–Crippen LogP) is 3.67. The minimum atomic E-state index is -0.0907. The molecule has 2 aromatic carbocycles. The number of aryl methyl sites for hydroxylation is 2. The van der Waals surface area contributed by atoms with Crippen LogP contribution < -0.4 is 5.32 Å². The van der Waals surface area contributed by atoms with Crippen LogP contribution in [0.15, 0.2) is 53.7 Å². The summed E-state index contributed by atoms with van der Waals surface area (Å²) in [5.41, 5.74) is 3.90. The zero-order chi connectivity index (χ0) is 18.1. The highest BCUT2D eigenvalue weighted by atomic mass is 32.2. The maximum atomic E-state index is 12.4. The van der Waals surface area contributed by atoms with Crippen LogP contribution in [0.4, 0.5) is 5.95 Å². The molecule has 0 spiro atoms. The molecule has 0 fully saturated rings. The second kappa shape index (κ2) is 6.84. The van der Waals surface area contributed by atoms with Crippen molar-refractivity contribution in [1.82, 2.24) is 19.1 Å². The maximum Gasteiger partial charge on any atom is 0.237 e. The molecule has 6 nitrogen and oxygen atoms in total. The molecule has 0 bridgehead atoms. The highest BCUT2D eigenvalue weighted by Gasteiger charge is 2.14. The topological polar surface area (TPSA) is 64.7 Å². The number of imidazole rings is 2. The Kier molecular flexibility index (Phi) is 4.38. The van der Waals surface area contributed by atoms with Crippen LogP contribution in [0.3, 0.4) is 0 Å². The van der Waals surface area contributed by atoms with Crippen molar-refractivity contribution in [2.24, 2.45) is 7.05 Å². The summed E-state index contributed by atoms with van der Waals surface area (Å²) in [6.07, 6.45) is 0. The molecule has 2 aromatic heterocycles. The van der Waals surface area contributed by atoms with Gasteiger partial charge in [-0.1, -0.05) is 36.0 Å². The van der Waals surface area contributed by atoms with Gasteiger partial charge in [0.25, 0.3) is 0 Å². The number of hydrogen-bond acceptors (Lipinski definition) is 4. The summed E-state index contributed by atoms with van der Waals surface area (Å²) in [5, 5.41) is 3.75. The lowest BCUT2D eigenvalue weighted by atomic mass is 10.3. The third-order valence-corrected chi connectivity index (χ3v) is 5.33. The number of carbonyl (C=O) groups is 1. The van der Waals surface area contributed by atoms with E-state index in [0.717, 1.165) is 33.8 Å². The number of para-hydroxylation sites is 4. The fourth-order valence-electron chi connectivity index (χ4n) is 3.03. The third kappa shape index (κ3) is 2.94. The van der Waals surface area contributed by atoms with Gasteiger partial charge in [-0.25, -0.2) is 9.97 Å². The van der Waals surface area contributed by atoms with Gasteiger partial charge >= 0.3 is 0 Å². The van der Waals surface area contributed by atoms with E-state index in [9.17, 15) is 4.79 Å². The zero-order valence-electron chi connectivity index (χ0n) is 14.6. The van der Waals surface area contributed by atoms with Gasteiger partial charge in [-0.2, -0.15) is 0 Å². The first-order valence-electron chi connectivity index (χ1n) is 8.46. The molecule has 1 N–H and O–H groups in total. The van der Waals surface area contributed by atoms with Gasteiger partial charge in [0.15, 0.2) is 5.16 Å². The summed E-state index contributed by atoms with van der Waals surface area (Å²) in [7, 11) is 1.96. The number of carbonyl (C=O) groups excluding carboxylic acids is 1. The van der Waals surface area contributed by atoms with Gasteiger partial charge in [-0.3, -0.25) is 10.1 Å². The highest BCUT2D eigenvalue weighted by molar-refractivity contribution is 7.99. The van der Waals surface area contributed by atoms with Crippen LogP contribution >= 0.6 is 11.8 Å². The molecule has 0 aliphatic heterocycles. The Labute approximate surface area is 155 Å². The lowest BCUT2D eigenvalue weighted by Gasteiger charge is -2.07. The van der Waals surface area contributed by atoms with E-state index in [2.05, 4.69) is 15.3 Å². The zero-order valence-corrected chi connectivity index (χ0v) is 15.5. The molecular weight excluding hydrogens is 346 g/mol. The molecule has 0 aliphatic carbocycles. The molecule has 4 rings (SSSR count). The van der Waals surface area contributed by atoms with Gasteiger partial charge in [0.05, 0.1) is 27.8 Å². The summed E-state index contributed by atoms with van der Waals surface area (Å²) >= 11 is 1.42. The first kappa shape index (κ1) is 16.7. The average molecular weight is 365 g/mol. The number of benzene rings is 2. The van der Waals surface area contributed by atoms with Crippen LogP contribution in [0.25, 0.3) is 22.1 Å². The van der Waals surface area contributed by atoms with E-state index in [1.54, 1.807) is 0 Å². The molecule has 0 aliphatic rings. The van der Waals surface area contributed by atoms with Crippen molar-refractivity contribution in [3.05, 3.63) is 48.5 Å². The Bertz CT molecular complexity index is 1100. The Balaban J connectivity index is 1.50. The van der Waals surface area contributed by atoms with Crippen molar-refractivity contribution >= 4 is 45.7 Å². The van der Waals surface area contributed by atoms with Crippen LogP contribution in [0.5, 0.6) is 0 Å². The predicted molar refractivity (Wildman–Crippen MR) is 105 cm³/mol. The van der Waals surface area contributed by atoms with E-state index in [0.29, 0.717) is 5.95 Å². The fourth-order valence-corrected chi connectivity index (χ4v) is 3.82. The number of nitrogens with zero attached hydrogens (tertiary/aromatic N) is 4. The SMILES string of the molecule is CCn1c(NC(=O)CSc2nc3ccccc3n2C)nc2ccccc21. The van der Waals surface area contributed by atoms with E-state index in [1.807, 2.05) is 71.6 Å². The van der Waals surface area contributed by atoms with Gasteiger partial charge in [-0.05, 0) is 31.2 Å². The molecule has 2 heterocycles. The number of aromatic nitrogens is 4. The molecule has 7 heteroatoms. The summed E-state index contributed by atoms with van der Waals surface area (Å²) in [6.45, 7) is 2.78. The van der Waals surface area contributed by atoms with Crippen LogP contribution in [0, 0.1) is 0 Å². The standard InChI is InChI=1S/C19H19N5OS/c1-3-24-16-11-7-5-9-14(16)20-18(24)22-17(25)12-26-19-21-13-8-4-6-10-15(13)23(19)2/h4-11H,3,12H2,1-2H3,(H,20,22,25). The Morgan fingerprint density at radius 3 is 2.38 bits per heavy atom. The number of anilines is 1. The lowest BCUT2D eigenvalue weighted by Crippen LogP contribution is -2.17. The number of hydrogen-bond donors (Lipinski definition) is 1. The van der Waals surface area contributed by atoms with Crippen molar-refractivity contribution in [3.8, 4) is 0 Å². The Morgan fingerprint density at radius 1 is 1.04 bits per heavy atom. The van der Waals surface area contributed by atoms with E-state index in [4.69, 9.17) is 0 Å². The molecule has 4 aromatic rings. The molecule has 0 atom stereocenters.